The fraction of sp³-hybridized carbons (Fsp3) is 0.294. The minimum absolute atomic E-state index is 0.183. The van der Waals surface area contributed by atoms with Crippen LogP contribution in [0.2, 0.25) is 0 Å². The molecule has 0 radical (unpaired) electrons. The van der Waals surface area contributed by atoms with Crippen molar-refractivity contribution >= 4 is 12.1 Å². The molecule has 0 saturated heterocycles. The van der Waals surface area contributed by atoms with E-state index >= 15 is 0 Å². The lowest BCUT2D eigenvalue weighted by molar-refractivity contribution is -0.110. The van der Waals surface area contributed by atoms with Crippen molar-refractivity contribution in [1.29, 1.82) is 0 Å². The van der Waals surface area contributed by atoms with E-state index in [1.807, 2.05) is 36.4 Å². The van der Waals surface area contributed by atoms with E-state index in [4.69, 9.17) is 5.84 Å². The van der Waals surface area contributed by atoms with Gasteiger partial charge in [0.25, 0.3) is 0 Å². The standard InChI is InChI=1S/C17H24N4O2/c1-3-4-5-17(19-2)15-8-6-14(7-9-15)11-21(18)12-16(23)10-20-13-22/h3-9,13,16,23H,1,10-12,18H2,2H3,(H,20,22)/b5-4-,19-17?. The average Bonchev–Trinajstić information content (AvgIpc) is 2.55. The van der Waals surface area contributed by atoms with Crippen molar-refractivity contribution in [3.05, 3.63) is 60.2 Å². The summed E-state index contributed by atoms with van der Waals surface area (Å²) in [6.07, 6.45) is 5.29. The molecule has 1 aromatic carbocycles. The van der Waals surface area contributed by atoms with E-state index in [2.05, 4.69) is 16.9 Å². The van der Waals surface area contributed by atoms with Crippen LogP contribution in [0.1, 0.15) is 11.1 Å². The molecule has 6 nitrogen and oxygen atoms in total. The van der Waals surface area contributed by atoms with Gasteiger partial charge in [0, 0.05) is 26.7 Å². The summed E-state index contributed by atoms with van der Waals surface area (Å²) in [6.45, 7) is 4.60. The molecular formula is C17H24N4O2. The smallest absolute Gasteiger partial charge is 0.207 e. The normalized spacial score (nSPS) is 13.3. The summed E-state index contributed by atoms with van der Waals surface area (Å²) < 4.78 is 0. The first kappa shape index (κ1) is 18.8. The number of hydrogen-bond donors (Lipinski definition) is 3. The highest BCUT2D eigenvalue weighted by Crippen LogP contribution is 2.08. The third-order valence-electron chi connectivity index (χ3n) is 3.15. The summed E-state index contributed by atoms with van der Waals surface area (Å²) in [5.74, 6) is 5.88. The lowest BCUT2D eigenvalue weighted by atomic mass is 10.1. The SMILES string of the molecule is C=C/C=C\C(=NC)c1ccc(CN(N)CC(O)CNC=O)cc1. The monoisotopic (exact) mass is 316 g/mol. The van der Waals surface area contributed by atoms with Gasteiger partial charge in [-0.15, -0.1) is 0 Å². The number of aliphatic hydroxyl groups is 1. The van der Waals surface area contributed by atoms with Crippen molar-refractivity contribution in [2.24, 2.45) is 10.8 Å². The molecule has 0 bridgehead atoms. The topological polar surface area (TPSA) is 90.9 Å². The maximum Gasteiger partial charge on any atom is 0.207 e. The second-order valence-electron chi connectivity index (χ2n) is 5.01. The molecule has 0 aliphatic carbocycles. The molecule has 0 aliphatic rings. The highest BCUT2D eigenvalue weighted by atomic mass is 16.3. The number of hydrazine groups is 1. The number of nitrogens with one attached hydrogen (secondary N) is 1. The number of nitrogens with two attached hydrogens (primary N) is 1. The second kappa shape index (κ2) is 10.4. The molecule has 1 amide bonds. The Morgan fingerprint density at radius 2 is 2.17 bits per heavy atom. The van der Waals surface area contributed by atoms with Crippen molar-refractivity contribution in [2.75, 3.05) is 20.1 Å². The summed E-state index contributed by atoms with van der Waals surface area (Å²) >= 11 is 0. The molecule has 124 valence electrons. The van der Waals surface area contributed by atoms with Crippen LogP contribution in [-0.2, 0) is 11.3 Å². The number of amides is 1. The molecular weight excluding hydrogens is 292 g/mol. The van der Waals surface area contributed by atoms with Crippen LogP contribution < -0.4 is 11.2 Å². The maximum absolute atomic E-state index is 10.2. The Morgan fingerprint density at radius 3 is 2.74 bits per heavy atom. The third kappa shape index (κ3) is 7.01. The Bertz CT molecular complexity index is 552. The highest BCUT2D eigenvalue weighted by molar-refractivity contribution is 6.08. The minimum Gasteiger partial charge on any atom is -0.390 e. The van der Waals surface area contributed by atoms with Crippen LogP contribution in [0.4, 0.5) is 0 Å². The van der Waals surface area contributed by atoms with Crippen molar-refractivity contribution in [3.63, 3.8) is 0 Å². The van der Waals surface area contributed by atoms with Gasteiger partial charge in [0.1, 0.15) is 0 Å². The molecule has 0 saturated carbocycles. The number of rotatable bonds is 10. The third-order valence-corrected chi connectivity index (χ3v) is 3.15. The molecule has 0 fully saturated rings. The van der Waals surface area contributed by atoms with E-state index in [0.29, 0.717) is 13.0 Å². The van der Waals surface area contributed by atoms with Crippen LogP contribution in [0.15, 0.2) is 54.1 Å². The molecule has 0 aliphatic heterocycles. The van der Waals surface area contributed by atoms with Crippen LogP contribution >= 0.6 is 0 Å². The number of aliphatic hydroxyl groups excluding tert-OH is 1. The van der Waals surface area contributed by atoms with E-state index < -0.39 is 6.10 Å². The summed E-state index contributed by atoms with van der Waals surface area (Å²) in [4.78, 5) is 14.4. The fourth-order valence-corrected chi connectivity index (χ4v) is 2.06. The van der Waals surface area contributed by atoms with Gasteiger partial charge in [0.2, 0.25) is 6.41 Å². The fourth-order valence-electron chi connectivity index (χ4n) is 2.06. The van der Waals surface area contributed by atoms with Crippen LogP contribution in [0.25, 0.3) is 0 Å². The van der Waals surface area contributed by atoms with Crippen LogP contribution in [-0.4, -0.2) is 48.5 Å². The van der Waals surface area contributed by atoms with E-state index in [-0.39, 0.29) is 13.1 Å². The first-order valence-electron chi connectivity index (χ1n) is 7.30. The molecule has 0 heterocycles. The van der Waals surface area contributed by atoms with Crippen molar-refractivity contribution in [2.45, 2.75) is 12.6 Å². The molecule has 1 rings (SSSR count). The van der Waals surface area contributed by atoms with Gasteiger partial charge < -0.3 is 10.4 Å². The van der Waals surface area contributed by atoms with Crippen LogP contribution in [0.3, 0.4) is 0 Å². The summed E-state index contributed by atoms with van der Waals surface area (Å²) in [5.41, 5.74) is 2.90. The number of hydrogen-bond acceptors (Lipinski definition) is 5. The largest absolute Gasteiger partial charge is 0.390 e. The summed E-state index contributed by atoms with van der Waals surface area (Å²) in [7, 11) is 1.74. The van der Waals surface area contributed by atoms with Gasteiger partial charge in [0.15, 0.2) is 0 Å². The van der Waals surface area contributed by atoms with E-state index in [0.717, 1.165) is 16.8 Å². The number of benzene rings is 1. The van der Waals surface area contributed by atoms with Gasteiger partial charge >= 0.3 is 0 Å². The lowest BCUT2D eigenvalue weighted by Gasteiger charge is -2.20. The van der Waals surface area contributed by atoms with Gasteiger partial charge in [-0.05, 0) is 17.2 Å². The number of carbonyl (C=O) groups is 1. The Balaban J connectivity index is 2.61. The molecule has 1 unspecified atom stereocenters. The van der Waals surface area contributed by atoms with Gasteiger partial charge in [-0.3, -0.25) is 15.6 Å². The number of carbonyl (C=O) groups excluding carboxylic acids is 1. The first-order chi connectivity index (χ1) is 11.1. The van der Waals surface area contributed by atoms with Gasteiger partial charge in [-0.25, -0.2) is 5.01 Å². The summed E-state index contributed by atoms with van der Waals surface area (Å²) in [6, 6.07) is 7.89. The first-order valence-corrected chi connectivity index (χ1v) is 7.30. The van der Waals surface area contributed by atoms with Crippen LogP contribution in [0, 0.1) is 0 Å². The predicted molar refractivity (Wildman–Crippen MR) is 92.9 cm³/mol. The van der Waals surface area contributed by atoms with Crippen LogP contribution in [0.5, 0.6) is 0 Å². The Morgan fingerprint density at radius 1 is 1.48 bits per heavy atom. The highest BCUT2D eigenvalue weighted by Gasteiger charge is 2.09. The number of allylic oxidation sites excluding steroid dienone is 3. The lowest BCUT2D eigenvalue weighted by Crippen LogP contribution is -2.41. The molecule has 0 spiro atoms. The minimum atomic E-state index is -0.702. The summed E-state index contributed by atoms with van der Waals surface area (Å²) in [5, 5.41) is 13.6. The van der Waals surface area contributed by atoms with Crippen molar-refractivity contribution in [1.82, 2.24) is 10.3 Å². The van der Waals surface area contributed by atoms with E-state index in [1.54, 1.807) is 13.1 Å². The molecule has 6 heteroatoms. The van der Waals surface area contributed by atoms with Gasteiger partial charge in [0.05, 0.1) is 11.8 Å². The average molecular weight is 316 g/mol. The predicted octanol–water partition coefficient (Wildman–Crippen LogP) is 0.630. The number of aliphatic imine (C=N–C) groups is 1. The molecule has 1 aromatic rings. The van der Waals surface area contributed by atoms with Crippen molar-refractivity contribution < 1.29 is 9.90 Å². The molecule has 1 atom stereocenters. The Labute approximate surface area is 137 Å². The van der Waals surface area contributed by atoms with E-state index in [1.165, 1.54) is 5.01 Å². The molecule has 4 N–H and O–H groups in total. The quantitative estimate of drug-likeness (QED) is 0.194. The Kier molecular flexibility index (Phi) is 8.52. The van der Waals surface area contributed by atoms with E-state index in [9.17, 15) is 9.90 Å². The van der Waals surface area contributed by atoms with Crippen molar-refractivity contribution in [3.8, 4) is 0 Å². The van der Waals surface area contributed by atoms with Gasteiger partial charge in [-0.2, -0.15) is 0 Å². The zero-order valence-corrected chi connectivity index (χ0v) is 13.4. The zero-order chi connectivity index (χ0) is 17.1. The number of nitrogens with zero attached hydrogens (tertiary/aromatic N) is 2. The second-order valence-corrected chi connectivity index (χ2v) is 5.01. The molecule has 0 aromatic heterocycles. The molecule has 23 heavy (non-hydrogen) atoms. The maximum atomic E-state index is 10.2. The Hall–Kier alpha value is -2.28. The zero-order valence-electron chi connectivity index (χ0n) is 13.4. The van der Waals surface area contributed by atoms with Gasteiger partial charge in [-0.1, -0.05) is 43.0 Å².